The summed E-state index contributed by atoms with van der Waals surface area (Å²) >= 11 is 3.22. The standard InChI is InChI=1S/C42H37N3O4S2/c1-2-47-40(46)19-18-34-24-45(25-39(34)31-12-6-3-7-13-31)23-30-20-37(48-26-35-28-50-41(43-35)32-14-8-4-9-15-32)22-38(21-30)49-27-36-29-51-42(44-36)33-16-10-5-11-17-33/h3-17,20-22,24-25,28-29H,2,18-19,23,26-27H2,1H3. The van der Waals surface area contributed by atoms with E-state index in [1.165, 1.54) is 0 Å². The molecule has 0 aliphatic rings. The summed E-state index contributed by atoms with van der Waals surface area (Å²) in [7, 11) is 0. The van der Waals surface area contributed by atoms with Crippen LogP contribution in [0.4, 0.5) is 0 Å². The summed E-state index contributed by atoms with van der Waals surface area (Å²) in [5, 5.41) is 6.01. The van der Waals surface area contributed by atoms with E-state index in [-0.39, 0.29) is 5.97 Å². The van der Waals surface area contributed by atoms with Crippen LogP contribution in [0.2, 0.25) is 0 Å². The Labute approximate surface area is 305 Å². The van der Waals surface area contributed by atoms with Crippen LogP contribution in [0.25, 0.3) is 32.3 Å². The van der Waals surface area contributed by atoms with E-state index in [2.05, 4.69) is 53.4 Å². The van der Waals surface area contributed by atoms with Gasteiger partial charge in [0.05, 0.1) is 18.0 Å². The van der Waals surface area contributed by atoms with Gasteiger partial charge in [-0.05, 0) is 42.2 Å². The smallest absolute Gasteiger partial charge is 0.306 e. The number of carbonyl (C=O) groups excluding carboxylic acids is 1. The second-order valence-electron chi connectivity index (χ2n) is 12.0. The summed E-state index contributed by atoms with van der Waals surface area (Å²) in [6.45, 7) is 3.45. The first kappa shape index (κ1) is 34.0. The van der Waals surface area contributed by atoms with E-state index in [1.807, 2.05) is 90.5 Å². The second kappa shape index (κ2) is 16.5. The van der Waals surface area contributed by atoms with Gasteiger partial charge in [0, 0.05) is 58.9 Å². The minimum atomic E-state index is -0.192. The molecule has 0 spiro atoms. The van der Waals surface area contributed by atoms with Crippen LogP contribution in [0.5, 0.6) is 11.5 Å². The van der Waals surface area contributed by atoms with Crippen molar-refractivity contribution in [3.63, 3.8) is 0 Å². The first-order valence-corrected chi connectivity index (χ1v) is 18.6. The third-order valence-corrected chi connectivity index (χ3v) is 10.1. The molecule has 3 heterocycles. The van der Waals surface area contributed by atoms with Gasteiger partial charge in [0.25, 0.3) is 0 Å². The highest BCUT2D eigenvalue weighted by atomic mass is 32.1. The number of thiazole rings is 2. The minimum absolute atomic E-state index is 0.192. The number of hydrogen-bond donors (Lipinski definition) is 0. The molecule has 0 aliphatic heterocycles. The molecule has 0 radical (unpaired) electrons. The zero-order valence-electron chi connectivity index (χ0n) is 28.2. The molecule has 7 nitrogen and oxygen atoms in total. The monoisotopic (exact) mass is 711 g/mol. The SMILES string of the molecule is CCOC(=O)CCc1cn(Cc2cc(OCc3csc(-c4ccccc4)n3)cc(OCc3csc(-c4ccccc4)n3)c2)cc1-c1ccccc1. The van der Waals surface area contributed by atoms with E-state index >= 15 is 0 Å². The lowest BCUT2D eigenvalue weighted by Gasteiger charge is -2.12. The van der Waals surface area contributed by atoms with Crippen molar-refractivity contribution in [2.24, 2.45) is 0 Å². The molecule has 0 saturated heterocycles. The van der Waals surface area contributed by atoms with Crippen LogP contribution < -0.4 is 9.47 Å². The molecule has 7 rings (SSSR count). The van der Waals surface area contributed by atoms with Gasteiger partial charge in [-0.3, -0.25) is 4.79 Å². The number of carbonyl (C=O) groups is 1. The maximum absolute atomic E-state index is 12.2. The average Bonchev–Trinajstić information content (AvgIpc) is 3.94. The molecule has 3 aromatic heterocycles. The van der Waals surface area contributed by atoms with Gasteiger partial charge in [0.2, 0.25) is 0 Å². The summed E-state index contributed by atoms with van der Waals surface area (Å²) in [6.07, 6.45) is 5.18. The van der Waals surface area contributed by atoms with Gasteiger partial charge < -0.3 is 18.8 Å². The molecule has 7 aromatic rings. The van der Waals surface area contributed by atoms with Crippen LogP contribution in [0.1, 0.15) is 35.9 Å². The van der Waals surface area contributed by atoms with E-state index in [1.54, 1.807) is 22.7 Å². The van der Waals surface area contributed by atoms with Gasteiger partial charge in [-0.25, -0.2) is 9.97 Å². The summed E-state index contributed by atoms with van der Waals surface area (Å²) in [6, 6.07) is 36.6. The Balaban J connectivity index is 1.13. The Morgan fingerprint density at radius 1 is 0.686 bits per heavy atom. The average molecular weight is 712 g/mol. The summed E-state index contributed by atoms with van der Waals surface area (Å²) in [5.41, 5.74) is 8.22. The van der Waals surface area contributed by atoms with Crippen LogP contribution in [-0.2, 0) is 35.7 Å². The fourth-order valence-corrected chi connectivity index (χ4v) is 7.40. The number of hydrogen-bond acceptors (Lipinski definition) is 8. The molecule has 0 atom stereocenters. The molecule has 4 aromatic carbocycles. The van der Waals surface area contributed by atoms with Gasteiger partial charge in [-0.2, -0.15) is 0 Å². The highest BCUT2D eigenvalue weighted by Gasteiger charge is 2.14. The van der Waals surface area contributed by atoms with Crippen molar-refractivity contribution in [3.05, 3.63) is 155 Å². The highest BCUT2D eigenvalue weighted by Crippen LogP contribution is 2.31. The Bertz CT molecular complexity index is 2080. The highest BCUT2D eigenvalue weighted by molar-refractivity contribution is 7.13. The Hall–Kier alpha value is -5.51. The minimum Gasteiger partial charge on any atom is -0.487 e. The van der Waals surface area contributed by atoms with Crippen molar-refractivity contribution in [2.45, 2.75) is 39.5 Å². The maximum Gasteiger partial charge on any atom is 0.306 e. The number of aromatic nitrogens is 3. The van der Waals surface area contributed by atoms with Crippen molar-refractivity contribution < 1.29 is 19.0 Å². The van der Waals surface area contributed by atoms with Gasteiger partial charge >= 0.3 is 5.97 Å². The molecule has 9 heteroatoms. The maximum atomic E-state index is 12.2. The van der Waals surface area contributed by atoms with Crippen LogP contribution in [-0.4, -0.2) is 27.1 Å². The quantitative estimate of drug-likeness (QED) is 0.0986. The molecule has 0 N–H and O–H groups in total. The first-order valence-electron chi connectivity index (χ1n) is 16.9. The zero-order chi connectivity index (χ0) is 34.8. The molecule has 0 aliphatic carbocycles. The third kappa shape index (κ3) is 9.00. The molecular weight excluding hydrogens is 675 g/mol. The summed E-state index contributed by atoms with van der Waals surface area (Å²) in [5.74, 6) is 1.19. The van der Waals surface area contributed by atoms with Crippen molar-refractivity contribution in [1.29, 1.82) is 0 Å². The molecule has 51 heavy (non-hydrogen) atoms. The lowest BCUT2D eigenvalue weighted by atomic mass is 10.0. The van der Waals surface area contributed by atoms with Crippen LogP contribution in [0, 0.1) is 0 Å². The molecule has 0 unspecified atom stereocenters. The lowest BCUT2D eigenvalue weighted by Crippen LogP contribution is -2.05. The van der Waals surface area contributed by atoms with Crippen LogP contribution in [0.3, 0.4) is 0 Å². The van der Waals surface area contributed by atoms with Crippen molar-refractivity contribution in [1.82, 2.24) is 14.5 Å². The van der Waals surface area contributed by atoms with Gasteiger partial charge in [-0.1, -0.05) is 91.0 Å². The Kier molecular flexibility index (Phi) is 11.0. The molecule has 256 valence electrons. The van der Waals surface area contributed by atoms with Crippen molar-refractivity contribution in [3.8, 4) is 43.8 Å². The molecule has 0 fully saturated rings. The predicted molar refractivity (Wildman–Crippen MR) is 204 cm³/mol. The lowest BCUT2D eigenvalue weighted by molar-refractivity contribution is -0.143. The second-order valence-corrected chi connectivity index (χ2v) is 13.7. The Morgan fingerprint density at radius 3 is 1.75 bits per heavy atom. The number of ether oxygens (including phenoxy) is 3. The number of esters is 1. The Morgan fingerprint density at radius 2 is 1.22 bits per heavy atom. The van der Waals surface area contributed by atoms with E-state index in [4.69, 9.17) is 24.2 Å². The number of nitrogens with zero attached hydrogens (tertiary/aromatic N) is 3. The summed E-state index contributed by atoms with van der Waals surface area (Å²) in [4.78, 5) is 21.9. The van der Waals surface area contributed by atoms with Crippen molar-refractivity contribution in [2.75, 3.05) is 6.61 Å². The molecule has 0 bridgehead atoms. The zero-order valence-corrected chi connectivity index (χ0v) is 29.9. The normalized spacial score (nSPS) is 11.0. The molecular formula is C42H37N3O4S2. The largest absolute Gasteiger partial charge is 0.487 e. The fourth-order valence-electron chi connectivity index (χ4n) is 5.78. The van der Waals surface area contributed by atoms with E-state index in [9.17, 15) is 4.79 Å². The molecule has 0 amide bonds. The van der Waals surface area contributed by atoms with Crippen LogP contribution >= 0.6 is 22.7 Å². The van der Waals surface area contributed by atoms with Crippen LogP contribution in [0.15, 0.2) is 132 Å². The van der Waals surface area contributed by atoms with E-state index in [0.29, 0.717) is 50.7 Å². The number of rotatable bonds is 15. The van der Waals surface area contributed by atoms with Gasteiger partial charge in [-0.15, -0.1) is 22.7 Å². The fraction of sp³-hybridized carbons (Fsp3) is 0.167. The number of aryl methyl sites for hydroxylation is 1. The summed E-state index contributed by atoms with van der Waals surface area (Å²) < 4.78 is 20.1. The number of benzene rings is 4. The topological polar surface area (TPSA) is 75.5 Å². The molecule has 0 saturated carbocycles. The first-order chi connectivity index (χ1) is 25.1. The van der Waals surface area contributed by atoms with E-state index in [0.717, 1.165) is 54.8 Å². The van der Waals surface area contributed by atoms with E-state index < -0.39 is 0 Å². The van der Waals surface area contributed by atoms with Crippen molar-refractivity contribution >= 4 is 28.6 Å². The van der Waals surface area contributed by atoms with Gasteiger partial charge in [0.15, 0.2) is 0 Å². The predicted octanol–water partition coefficient (Wildman–Crippen LogP) is 10.1. The third-order valence-electron chi connectivity index (χ3n) is 8.17. The van der Waals surface area contributed by atoms with Gasteiger partial charge in [0.1, 0.15) is 34.7 Å².